The van der Waals surface area contributed by atoms with Gasteiger partial charge in [0.2, 0.25) is 0 Å². The molecule has 0 radical (unpaired) electrons. The van der Waals surface area contributed by atoms with Crippen LogP contribution in [-0.2, 0) is 0 Å². The highest BCUT2D eigenvalue weighted by atomic mass is 79.9. The van der Waals surface area contributed by atoms with E-state index in [2.05, 4.69) is 21.2 Å². The number of hydrogen-bond donors (Lipinski definition) is 1. The molecule has 1 aromatic rings. The van der Waals surface area contributed by atoms with Crippen molar-refractivity contribution in [3.8, 4) is 0 Å². The molecule has 1 fully saturated rings. The SMILES string of the molecule is Fc1cc(F)c(NCCC2CCCC2)cc1Br. The molecule has 0 unspecified atom stereocenters. The van der Waals surface area contributed by atoms with Crippen LogP contribution in [0.2, 0.25) is 0 Å². The molecule has 17 heavy (non-hydrogen) atoms. The lowest BCUT2D eigenvalue weighted by Crippen LogP contribution is -2.08. The highest BCUT2D eigenvalue weighted by molar-refractivity contribution is 9.10. The van der Waals surface area contributed by atoms with E-state index in [0.717, 1.165) is 24.9 Å². The van der Waals surface area contributed by atoms with Crippen molar-refractivity contribution in [1.82, 2.24) is 0 Å². The Morgan fingerprint density at radius 3 is 2.59 bits per heavy atom. The molecule has 0 amide bonds. The molecule has 0 heterocycles. The highest BCUT2D eigenvalue weighted by Gasteiger charge is 2.14. The smallest absolute Gasteiger partial charge is 0.149 e. The predicted molar refractivity (Wildman–Crippen MR) is 69.1 cm³/mol. The van der Waals surface area contributed by atoms with Crippen molar-refractivity contribution < 1.29 is 8.78 Å². The average molecular weight is 304 g/mol. The lowest BCUT2D eigenvalue weighted by molar-refractivity contribution is 0.517. The molecule has 2 rings (SSSR count). The van der Waals surface area contributed by atoms with Crippen LogP contribution in [0.4, 0.5) is 14.5 Å². The van der Waals surface area contributed by atoms with Gasteiger partial charge in [-0.2, -0.15) is 0 Å². The number of halogens is 3. The Morgan fingerprint density at radius 1 is 1.18 bits per heavy atom. The Balaban J connectivity index is 1.87. The Morgan fingerprint density at radius 2 is 1.88 bits per heavy atom. The molecule has 0 bridgehead atoms. The van der Waals surface area contributed by atoms with Crippen molar-refractivity contribution in [2.45, 2.75) is 32.1 Å². The third-order valence-corrected chi connectivity index (χ3v) is 3.96. The second-order valence-corrected chi connectivity index (χ2v) is 5.47. The molecule has 0 atom stereocenters. The van der Waals surface area contributed by atoms with Crippen molar-refractivity contribution in [2.75, 3.05) is 11.9 Å². The van der Waals surface area contributed by atoms with Crippen LogP contribution in [0.5, 0.6) is 0 Å². The van der Waals surface area contributed by atoms with Crippen molar-refractivity contribution in [3.05, 3.63) is 28.2 Å². The summed E-state index contributed by atoms with van der Waals surface area (Å²) in [7, 11) is 0. The minimum atomic E-state index is -0.566. The van der Waals surface area contributed by atoms with Crippen LogP contribution < -0.4 is 5.32 Å². The minimum Gasteiger partial charge on any atom is -0.383 e. The van der Waals surface area contributed by atoms with Gasteiger partial charge in [0.1, 0.15) is 11.6 Å². The fraction of sp³-hybridized carbons (Fsp3) is 0.538. The summed E-state index contributed by atoms with van der Waals surface area (Å²) in [6.45, 7) is 0.750. The zero-order valence-corrected chi connectivity index (χ0v) is 11.2. The summed E-state index contributed by atoms with van der Waals surface area (Å²) in [5, 5.41) is 3.04. The van der Waals surface area contributed by atoms with Crippen LogP contribution in [0.15, 0.2) is 16.6 Å². The van der Waals surface area contributed by atoms with Crippen molar-refractivity contribution in [1.29, 1.82) is 0 Å². The van der Waals surface area contributed by atoms with E-state index < -0.39 is 11.6 Å². The fourth-order valence-electron chi connectivity index (χ4n) is 2.37. The normalized spacial score (nSPS) is 16.4. The number of hydrogen-bond acceptors (Lipinski definition) is 1. The van der Waals surface area contributed by atoms with Crippen LogP contribution in [0, 0.1) is 17.6 Å². The average Bonchev–Trinajstić information content (AvgIpc) is 2.78. The fourth-order valence-corrected chi connectivity index (χ4v) is 2.71. The number of anilines is 1. The van der Waals surface area contributed by atoms with Crippen molar-refractivity contribution >= 4 is 21.6 Å². The van der Waals surface area contributed by atoms with Gasteiger partial charge in [-0.05, 0) is 34.3 Å². The van der Waals surface area contributed by atoms with Crippen LogP contribution in [-0.4, -0.2) is 6.54 Å². The maximum atomic E-state index is 13.4. The summed E-state index contributed by atoms with van der Waals surface area (Å²) in [5.74, 6) is -0.324. The Labute approximate surface area is 109 Å². The first-order valence-electron chi connectivity index (χ1n) is 6.05. The maximum absolute atomic E-state index is 13.4. The number of nitrogens with one attached hydrogen (secondary N) is 1. The van der Waals surface area contributed by atoms with E-state index in [-0.39, 0.29) is 0 Å². The molecule has 1 aliphatic carbocycles. The maximum Gasteiger partial charge on any atom is 0.149 e. The summed E-state index contributed by atoms with van der Waals surface area (Å²) in [6.07, 6.45) is 6.28. The molecule has 1 aromatic carbocycles. The molecule has 94 valence electrons. The van der Waals surface area contributed by atoms with Gasteiger partial charge in [0.25, 0.3) is 0 Å². The quantitative estimate of drug-likeness (QED) is 0.794. The van der Waals surface area contributed by atoms with E-state index in [1.807, 2.05) is 0 Å². The van der Waals surface area contributed by atoms with Crippen LogP contribution in [0.25, 0.3) is 0 Å². The first kappa shape index (κ1) is 12.8. The van der Waals surface area contributed by atoms with Gasteiger partial charge >= 0.3 is 0 Å². The highest BCUT2D eigenvalue weighted by Crippen LogP contribution is 2.28. The Kier molecular flexibility index (Phi) is 4.37. The van der Waals surface area contributed by atoms with Gasteiger partial charge in [-0.1, -0.05) is 25.7 Å². The van der Waals surface area contributed by atoms with Gasteiger partial charge in [0.05, 0.1) is 10.2 Å². The van der Waals surface area contributed by atoms with Crippen LogP contribution >= 0.6 is 15.9 Å². The monoisotopic (exact) mass is 303 g/mol. The first-order valence-corrected chi connectivity index (χ1v) is 6.84. The summed E-state index contributed by atoms with van der Waals surface area (Å²) in [6, 6.07) is 2.36. The second kappa shape index (κ2) is 5.80. The van der Waals surface area contributed by atoms with Gasteiger partial charge in [-0.25, -0.2) is 8.78 Å². The minimum absolute atomic E-state index is 0.294. The summed E-state index contributed by atoms with van der Waals surface area (Å²) < 4.78 is 26.7. The van der Waals surface area contributed by atoms with Crippen LogP contribution in [0.1, 0.15) is 32.1 Å². The molecule has 0 aliphatic heterocycles. The first-order chi connectivity index (χ1) is 8.16. The zero-order chi connectivity index (χ0) is 12.3. The largest absolute Gasteiger partial charge is 0.383 e. The van der Waals surface area contributed by atoms with E-state index >= 15 is 0 Å². The number of rotatable bonds is 4. The van der Waals surface area contributed by atoms with Crippen molar-refractivity contribution in [3.63, 3.8) is 0 Å². The molecule has 0 aromatic heterocycles. The van der Waals surface area contributed by atoms with E-state index in [0.29, 0.717) is 10.2 Å². The van der Waals surface area contributed by atoms with E-state index in [4.69, 9.17) is 0 Å². The van der Waals surface area contributed by atoms with E-state index in [1.165, 1.54) is 31.7 Å². The molecule has 0 saturated heterocycles. The molecule has 1 aliphatic rings. The summed E-state index contributed by atoms with van der Waals surface area (Å²) in [4.78, 5) is 0. The molecule has 1 nitrogen and oxygen atoms in total. The van der Waals surface area contributed by atoms with Gasteiger partial charge in [0, 0.05) is 12.6 Å². The predicted octanol–water partition coefficient (Wildman–Crippen LogP) is 4.72. The third-order valence-electron chi connectivity index (χ3n) is 3.35. The molecule has 0 spiro atoms. The molecule has 4 heteroatoms. The molecule has 1 saturated carbocycles. The summed E-state index contributed by atoms with van der Waals surface area (Å²) in [5.41, 5.74) is 0.372. The molecular weight excluding hydrogens is 288 g/mol. The Hall–Kier alpha value is -0.640. The van der Waals surface area contributed by atoms with Gasteiger partial charge in [-0.3, -0.25) is 0 Å². The number of benzene rings is 1. The standard InChI is InChI=1S/C13H16BrF2N/c14-10-7-13(12(16)8-11(10)15)17-6-5-9-3-1-2-4-9/h7-9,17H,1-6H2. The lowest BCUT2D eigenvalue weighted by atomic mass is 10.0. The van der Waals surface area contributed by atoms with Gasteiger partial charge in [-0.15, -0.1) is 0 Å². The van der Waals surface area contributed by atoms with E-state index in [1.54, 1.807) is 0 Å². The topological polar surface area (TPSA) is 12.0 Å². The third kappa shape index (κ3) is 3.41. The van der Waals surface area contributed by atoms with Gasteiger partial charge < -0.3 is 5.32 Å². The lowest BCUT2D eigenvalue weighted by Gasteiger charge is -2.12. The second-order valence-electron chi connectivity index (χ2n) is 4.61. The van der Waals surface area contributed by atoms with Crippen LogP contribution in [0.3, 0.4) is 0 Å². The summed E-state index contributed by atoms with van der Waals surface area (Å²) >= 11 is 3.06. The van der Waals surface area contributed by atoms with Gasteiger partial charge in [0.15, 0.2) is 0 Å². The zero-order valence-electron chi connectivity index (χ0n) is 9.61. The Bertz CT molecular complexity index is 389. The molecule has 1 N–H and O–H groups in total. The van der Waals surface area contributed by atoms with Crippen molar-refractivity contribution in [2.24, 2.45) is 5.92 Å². The van der Waals surface area contributed by atoms with E-state index in [9.17, 15) is 8.78 Å². The molecular formula is C13H16BrF2N.